The van der Waals surface area contributed by atoms with Crippen molar-refractivity contribution >= 4 is 5.97 Å². The van der Waals surface area contributed by atoms with Crippen LogP contribution in [0.2, 0.25) is 0 Å². The summed E-state index contributed by atoms with van der Waals surface area (Å²) in [5.41, 5.74) is 0.752. The Bertz CT molecular complexity index is 306. The molecule has 1 aromatic heterocycles. The van der Waals surface area contributed by atoms with Crippen molar-refractivity contribution in [1.82, 2.24) is 14.9 Å². The van der Waals surface area contributed by atoms with Gasteiger partial charge in [-0.2, -0.15) is 0 Å². The zero-order valence-corrected chi connectivity index (χ0v) is 7.74. The molecule has 0 saturated heterocycles. The van der Waals surface area contributed by atoms with Crippen LogP contribution in [0.15, 0.2) is 6.20 Å². The van der Waals surface area contributed by atoms with Gasteiger partial charge in [0.05, 0.1) is 5.69 Å². The van der Waals surface area contributed by atoms with E-state index in [0.717, 1.165) is 5.69 Å². The molecule has 0 amide bonds. The molecule has 0 spiro atoms. The van der Waals surface area contributed by atoms with Gasteiger partial charge in [-0.1, -0.05) is 0 Å². The highest BCUT2D eigenvalue weighted by atomic mass is 16.4. The second-order valence-corrected chi connectivity index (χ2v) is 2.68. The minimum Gasteiger partial charge on any atom is -0.475 e. The molecule has 0 aliphatic carbocycles. The fraction of sp³-hybridized carbons (Fsp3) is 0.500. The van der Waals surface area contributed by atoms with Crippen LogP contribution in [-0.2, 0) is 13.1 Å². The molecule has 1 rings (SSSR count). The Balaban J connectivity index is 2.97. The van der Waals surface area contributed by atoms with Crippen molar-refractivity contribution in [2.75, 3.05) is 7.05 Å². The Morgan fingerprint density at radius 1 is 1.77 bits per heavy atom. The van der Waals surface area contributed by atoms with Gasteiger partial charge in [0.25, 0.3) is 0 Å². The molecule has 0 radical (unpaired) electrons. The fourth-order valence-electron chi connectivity index (χ4n) is 1.15. The number of nitrogens with zero attached hydrogens (tertiary/aromatic N) is 2. The number of carboxylic acids is 1. The summed E-state index contributed by atoms with van der Waals surface area (Å²) in [5.74, 6) is -0.878. The third-order valence-corrected chi connectivity index (χ3v) is 1.72. The maximum Gasteiger partial charge on any atom is 0.372 e. The van der Waals surface area contributed by atoms with Gasteiger partial charge in [0.2, 0.25) is 5.82 Å². The van der Waals surface area contributed by atoms with Crippen LogP contribution in [0.5, 0.6) is 0 Å². The second-order valence-electron chi connectivity index (χ2n) is 2.68. The van der Waals surface area contributed by atoms with E-state index in [1.165, 1.54) is 0 Å². The van der Waals surface area contributed by atoms with Gasteiger partial charge in [-0.15, -0.1) is 0 Å². The van der Waals surface area contributed by atoms with Gasteiger partial charge in [-0.25, -0.2) is 9.78 Å². The number of aromatic nitrogens is 2. The van der Waals surface area contributed by atoms with Crippen LogP contribution in [0, 0.1) is 0 Å². The van der Waals surface area contributed by atoms with Gasteiger partial charge in [-0.3, -0.25) is 0 Å². The predicted octanol–water partition coefficient (Wildman–Crippen LogP) is 0.321. The van der Waals surface area contributed by atoms with Crippen LogP contribution >= 0.6 is 0 Å². The van der Waals surface area contributed by atoms with Crippen molar-refractivity contribution in [3.63, 3.8) is 0 Å². The summed E-state index contributed by atoms with van der Waals surface area (Å²) in [4.78, 5) is 14.7. The average molecular weight is 183 g/mol. The van der Waals surface area contributed by atoms with Crippen LogP contribution in [0.3, 0.4) is 0 Å². The second kappa shape index (κ2) is 4.04. The molecule has 0 fully saturated rings. The molecule has 1 aromatic rings. The van der Waals surface area contributed by atoms with Crippen molar-refractivity contribution in [2.45, 2.75) is 20.0 Å². The predicted molar refractivity (Wildman–Crippen MR) is 47.6 cm³/mol. The van der Waals surface area contributed by atoms with E-state index < -0.39 is 5.97 Å². The lowest BCUT2D eigenvalue weighted by atomic mass is 10.5. The Morgan fingerprint density at radius 3 is 2.85 bits per heavy atom. The number of imidazole rings is 1. The summed E-state index contributed by atoms with van der Waals surface area (Å²) in [5, 5.41) is 11.7. The summed E-state index contributed by atoms with van der Waals surface area (Å²) in [6.07, 6.45) is 1.75. The standard InChI is InChI=1S/C8H13N3O2/c1-3-11-5-6(4-9-2)10-7(11)8(12)13/h5,9H,3-4H2,1-2H3,(H,12,13). The van der Waals surface area contributed by atoms with E-state index in [4.69, 9.17) is 5.11 Å². The Hall–Kier alpha value is -1.36. The number of hydrogen-bond acceptors (Lipinski definition) is 3. The molecule has 0 aliphatic heterocycles. The van der Waals surface area contributed by atoms with Crippen LogP contribution in [0.25, 0.3) is 0 Å². The molecule has 72 valence electrons. The highest BCUT2D eigenvalue weighted by molar-refractivity contribution is 5.83. The highest BCUT2D eigenvalue weighted by Gasteiger charge is 2.12. The average Bonchev–Trinajstić information content (AvgIpc) is 2.48. The van der Waals surface area contributed by atoms with Gasteiger partial charge < -0.3 is 15.0 Å². The summed E-state index contributed by atoms with van der Waals surface area (Å²) in [7, 11) is 1.80. The molecule has 0 saturated carbocycles. The zero-order valence-electron chi connectivity index (χ0n) is 7.74. The number of hydrogen-bond donors (Lipinski definition) is 2. The van der Waals surface area contributed by atoms with Crippen molar-refractivity contribution in [3.05, 3.63) is 17.7 Å². The Kier molecular flexibility index (Phi) is 3.02. The molecule has 2 N–H and O–H groups in total. The number of carboxylic acid groups (broad SMARTS) is 1. The smallest absolute Gasteiger partial charge is 0.372 e. The van der Waals surface area contributed by atoms with E-state index in [-0.39, 0.29) is 5.82 Å². The first kappa shape index (κ1) is 9.73. The number of aromatic carboxylic acids is 1. The minimum atomic E-state index is -0.982. The first-order chi connectivity index (χ1) is 6.19. The van der Waals surface area contributed by atoms with Gasteiger partial charge in [0.15, 0.2) is 0 Å². The molecule has 0 atom stereocenters. The molecular formula is C8H13N3O2. The van der Waals surface area contributed by atoms with Gasteiger partial charge in [0.1, 0.15) is 0 Å². The lowest BCUT2D eigenvalue weighted by Crippen LogP contribution is -2.08. The maximum atomic E-state index is 10.7. The van der Waals surface area contributed by atoms with Crippen LogP contribution < -0.4 is 5.32 Å². The van der Waals surface area contributed by atoms with Crippen molar-refractivity contribution in [1.29, 1.82) is 0 Å². The van der Waals surface area contributed by atoms with E-state index in [9.17, 15) is 4.79 Å². The molecule has 0 aromatic carbocycles. The van der Waals surface area contributed by atoms with E-state index in [1.807, 2.05) is 6.92 Å². The lowest BCUT2D eigenvalue weighted by Gasteiger charge is -1.97. The summed E-state index contributed by atoms with van der Waals surface area (Å²) in [6.45, 7) is 3.10. The number of carbonyl (C=O) groups is 1. The summed E-state index contributed by atoms with van der Waals surface area (Å²) in [6, 6.07) is 0. The third-order valence-electron chi connectivity index (χ3n) is 1.72. The van der Waals surface area contributed by atoms with Crippen molar-refractivity contribution in [2.24, 2.45) is 0 Å². The van der Waals surface area contributed by atoms with Crippen LogP contribution in [0.1, 0.15) is 23.2 Å². The Labute approximate surface area is 76.4 Å². The molecule has 1 heterocycles. The fourth-order valence-corrected chi connectivity index (χ4v) is 1.15. The molecule has 5 heteroatoms. The van der Waals surface area contributed by atoms with Gasteiger partial charge >= 0.3 is 5.97 Å². The van der Waals surface area contributed by atoms with E-state index >= 15 is 0 Å². The van der Waals surface area contributed by atoms with Gasteiger partial charge in [0, 0.05) is 19.3 Å². The first-order valence-corrected chi connectivity index (χ1v) is 4.13. The first-order valence-electron chi connectivity index (χ1n) is 4.13. The minimum absolute atomic E-state index is 0.104. The summed E-state index contributed by atoms with van der Waals surface area (Å²) < 4.78 is 1.62. The summed E-state index contributed by atoms with van der Waals surface area (Å²) >= 11 is 0. The highest BCUT2D eigenvalue weighted by Crippen LogP contribution is 2.03. The van der Waals surface area contributed by atoms with E-state index in [2.05, 4.69) is 10.3 Å². The maximum absolute atomic E-state index is 10.7. The SMILES string of the molecule is CCn1cc(CNC)nc1C(=O)O. The topological polar surface area (TPSA) is 67.2 Å². The largest absolute Gasteiger partial charge is 0.475 e. The number of rotatable bonds is 4. The van der Waals surface area contributed by atoms with Gasteiger partial charge in [-0.05, 0) is 14.0 Å². The molecule has 0 bridgehead atoms. The monoisotopic (exact) mass is 183 g/mol. The molecular weight excluding hydrogens is 170 g/mol. The van der Waals surface area contributed by atoms with Crippen LogP contribution in [0.4, 0.5) is 0 Å². The normalized spacial score (nSPS) is 10.3. The Morgan fingerprint density at radius 2 is 2.46 bits per heavy atom. The molecule has 0 unspecified atom stereocenters. The van der Waals surface area contributed by atoms with Crippen molar-refractivity contribution < 1.29 is 9.90 Å². The van der Waals surface area contributed by atoms with E-state index in [1.54, 1.807) is 17.8 Å². The molecule has 0 aliphatic rings. The lowest BCUT2D eigenvalue weighted by molar-refractivity contribution is 0.0678. The number of aryl methyl sites for hydroxylation is 1. The van der Waals surface area contributed by atoms with E-state index in [0.29, 0.717) is 13.1 Å². The number of nitrogens with one attached hydrogen (secondary N) is 1. The molecule has 13 heavy (non-hydrogen) atoms. The third kappa shape index (κ3) is 2.06. The van der Waals surface area contributed by atoms with Crippen molar-refractivity contribution in [3.8, 4) is 0 Å². The molecule has 5 nitrogen and oxygen atoms in total. The quantitative estimate of drug-likeness (QED) is 0.705. The zero-order chi connectivity index (χ0) is 9.84. The van der Waals surface area contributed by atoms with Crippen LogP contribution in [-0.4, -0.2) is 27.7 Å².